The van der Waals surface area contributed by atoms with Crippen molar-refractivity contribution in [2.24, 2.45) is 0 Å². The zero-order valence-electron chi connectivity index (χ0n) is 14.4. The second-order valence-corrected chi connectivity index (χ2v) is 8.37. The standard InChI is InChI=1S/C20H23ClO3S/c1-20(2)23-17(14-22-13-15-9-5-3-6-10-15)18(24-20)19(21)25-16-11-7-4-8-12-16/h3-12,17-19H,13-14H2,1-2H3/t17-,18+,19?/m0/s1. The summed E-state index contributed by atoms with van der Waals surface area (Å²) in [5.74, 6) is -0.657. The van der Waals surface area contributed by atoms with Crippen LogP contribution in [0.2, 0.25) is 0 Å². The Labute approximate surface area is 158 Å². The maximum atomic E-state index is 6.64. The van der Waals surface area contributed by atoms with Gasteiger partial charge in [0, 0.05) is 4.90 Å². The first-order chi connectivity index (χ1) is 12.0. The van der Waals surface area contributed by atoms with Gasteiger partial charge in [0.2, 0.25) is 0 Å². The van der Waals surface area contributed by atoms with Crippen LogP contribution in [0, 0.1) is 0 Å². The SMILES string of the molecule is CC1(C)O[C@@H](COCc2ccccc2)[C@H](C(Cl)Sc2ccccc2)O1. The summed E-state index contributed by atoms with van der Waals surface area (Å²) in [5, 5.41) is 0. The van der Waals surface area contributed by atoms with Crippen LogP contribution in [0.3, 0.4) is 0 Å². The molecule has 1 aliphatic heterocycles. The molecule has 1 aliphatic rings. The summed E-state index contributed by atoms with van der Waals surface area (Å²) >= 11 is 8.22. The lowest BCUT2D eigenvalue weighted by molar-refractivity contribution is -0.150. The molecule has 25 heavy (non-hydrogen) atoms. The summed E-state index contributed by atoms with van der Waals surface area (Å²) in [6, 6.07) is 20.2. The van der Waals surface area contributed by atoms with Crippen molar-refractivity contribution in [1.82, 2.24) is 0 Å². The van der Waals surface area contributed by atoms with Gasteiger partial charge >= 0.3 is 0 Å². The van der Waals surface area contributed by atoms with Crippen molar-refractivity contribution in [1.29, 1.82) is 0 Å². The number of benzene rings is 2. The molecule has 3 atom stereocenters. The molecule has 1 saturated heterocycles. The monoisotopic (exact) mass is 378 g/mol. The zero-order chi connectivity index (χ0) is 17.7. The third-order valence-corrected chi connectivity index (χ3v) is 5.42. The molecule has 0 aromatic heterocycles. The van der Waals surface area contributed by atoms with Gasteiger partial charge in [-0.25, -0.2) is 0 Å². The summed E-state index contributed by atoms with van der Waals surface area (Å²) < 4.78 is 17.7. The van der Waals surface area contributed by atoms with E-state index in [-0.39, 0.29) is 16.9 Å². The molecule has 0 radical (unpaired) electrons. The van der Waals surface area contributed by atoms with Crippen LogP contribution < -0.4 is 0 Å². The minimum Gasteiger partial charge on any atom is -0.374 e. The molecule has 0 spiro atoms. The summed E-state index contributed by atoms with van der Waals surface area (Å²) in [5.41, 5.74) is 1.14. The van der Waals surface area contributed by atoms with Crippen molar-refractivity contribution in [2.75, 3.05) is 6.61 Å². The smallest absolute Gasteiger partial charge is 0.163 e. The molecule has 3 nitrogen and oxygen atoms in total. The zero-order valence-corrected chi connectivity index (χ0v) is 16.0. The van der Waals surface area contributed by atoms with Gasteiger partial charge in [0.05, 0.1) is 13.2 Å². The molecule has 0 N–H and O–H groups in total. The number of hydrogen-bond donors (Lipinski definition) is 0. The Morgan fingerprint density at radius 2 is 1.68 bits per heavy atom. The van der Waals surface area contributed by atoms with Crippen LogP contribution in [0.15, 0.2) is 65.6 Å². The van der Waals surface area contributed by atoms with E-state index in [4.69, 9.17) is 25.8 Å². The molecule has 5 heteroatoms. The lowest BCUT2D eigenvalue weighted by Crippen LogP contribution is -2.33. The second kappa shape index (κ2) is 8.56. The Balaban J connectivity index is 1.58. The van der Waals surface area contributed by atoms with E-state index in [9.17, 15) is 0 Å². The maximum Gasteiger partial charge on any atom is 0.163 e. The highest BCUT2D eigenvalue weighted by Gasteiger charge is 2.45. The number of alkyl halides is 1. The van der Waals surface area contributed by atoms with Gasteiger partial charge in [-0.15, -0.1) is 23.4 Å². The topological polar surface area (TPSA) is 27.7 Å². The van der Waals surface area contributed by atoms with E-state index in [0.717, 1.165) is 10.5 Å². The summed E-state index contributed by atoms with van der Waals surface area (Å²) in [7, 11) is 0. The molecule has 0 amide bonds. The van der Waals surface area contributed by atoms with E-state index in [2.05, 4.69) is 0 Å². The lowest BCUT2D eigenvalue weighted by Gasteiger charge is -2.21. The van der Waals surface area contributed by atoms with Crippen LogP contribution in [0.1, 0.15) is 19.4 Å². The lowest BCUT2D eigenvalue weighted by atomic mass is 10.2. The Morgan fingerprint density at radius 1 is 1.04 bits per heavy atom. The predicted molar refractivity (Wildman–Crippen MR) is 102 cm³/mol. The van der Waals surface area contributed by atoms with Crippen LogP contribution in [0.25, 0.3) is 0 Å². The van der Waals surface area contributed by atoms with Gasteiger partial charge in [-0.05, 0) is 31.5 Å². The molecule has 3 rings (SSSR count). The third-order valence-electron chi connectivity index (χ3n) is 3.87. The quantitative estimate of drug-likeness (QED) is 0.496. The van der Waals surface area contributed by atoms with Crippen LogP contribution in [0.4, 0.5) is 0 Å². The van der Waals surface area contributed by atoms with Gasteiger partial charge in [0.1, 0.15) is 16.9 Å². The van der Waals surface area contributed by atoms with E-state index in [1.807, 2.05) is 74.5 Å². The third kappa shape index (κ3) is 5.47. The van der Waals surface area contributed by atoms with Crippen LogP contribution in [-0.2, 0) is 20.8 Å². The first-order valence-electron chi connectivity index (χ1n) is 8.36. The van der Waals surface area contributed by atoms with E-state index < -0.39 is 5.79 Å². The Bertz CT molecular complexity index is 651. The van der Waals surface area contributed by atoms with Gasteiger partial charge in [-0.3, -0.25) is 0 Å². The molecular formula is C20H23ClO3S. The molecule has 1 unspecified atom stereocenters. The van der Waals surface area contributed by atoms with Gasteiger partial charge in [-0.1, -0.05) is 48.5 Å². The largest absolute Gasteiger partial charge is 0.374 e. The van der Waals surface area contributed by atoms with Crippen molar-refractivity contribution < 1.29 is 14.2 Å². The number of ether oxygens (including phenoxy) is 3. The van der Waals surface area contributed by atoms with Crippen molar-refractivity contribution in [2.45, 2.75) is 48.1 Å². The average Bonchev–Trinajstić information content (AvgIpc) is 2.92. The fraction of sp³-hybridized carbons (Fsp3) is 0.400. The molecule has 2 aromatic carbocycles. The van der Waals surface area contributed by atoms with Gasteiger partial charge < -0.3 is 14.2 Å². The van der Waals surface area contributed by atoms with E-state index in [1.165, 1.54) is 0 Å². The fourth-order valence-electron chi connectivity index (χ4n) is 2.78. The normalized spacial score (nSPS) is 23.5. The fourth-order valence-corrected chi connectivity index (χ4v) is 4.24. The first-order valence-corrected chi connectivity index (χ1v) is 9.68. The van der Waals surface area contributed by atoms with E-state index in [0.29, 0.717) is 13.2 Å². The van der Waals surface area contributed by atoms with Gasteiger partial charge in [0.25, 0.3) is 0 Å². The maximum absolute atomic E-state index is 6.64. The second-order valence-electron chi connectivity index (χ2n) is 6.42. The molecule has 0 aliphatic carbocycles. The number of thioether (sulfide) groups is 1. The number of hydrogen-bond acceptors (Lipinski definition) is 4. The van der Waals surface area contributed by atoms with Crippen molar-refractivity contribution in [3.05, 3.63) is 66.2 Å². The molecule has 1 heterocycles. The molecule has 134 valence electrons. The van der Waals surface area contributed by atoms with Gasteiger partial charge in [-0.2, -0.15) is 0 Å². The van der Waals surface area contributed by atoms with E-state index >= 15 is 0 Å². The number of halogens is 1. The highest BCUT2D eigenvalue weighted by Crippen LogP contribution is 2.38. The molecular weight excluding hydrogens is 356 g/mol. The Morgan fingerprint density at radius 3 is 2.36 bits per heavy atom. The van der Waals surface area contributed by atoms with Gasteiger partial charge in [0.15, 0.2) is 5.79 Å². The Hall–Kier alpha value is -1.04. The first kappa shape index (κ1) is 18.7. The minimum atomic E-state index is -0.657. The van der Waals surface area contributed by atoms with Crippen LogP contribution >= 0.6 is 23.4 Å². The Kier molecular flexibility index (Phi) is 6.42. The molecule has 0 saturated carbocycles. The van der Waals surface area contributed by atoms with Crippen molar-refractivity contribution >= 4 is 23.4 Å². The van der Waals surface area contributed by atoms with Crippen LogP contribution in [-0.4, -0.2) is 29.3 Å². The van der Waals surface area contributed by atoms with Crippen molar-refractivity contribution in [3.63, 3.8) is 0 Å². The minimum absolute atomic E-state index is 0.197. The number of rotatable bonds is 7. The summed E-state index contributed by atoms with van der Waals surface area (Å²) in [6.45, 7) is 4.82. The molecule has 1 fully saturated rings. The summed E-state index contributed by atoms with van der Waals surface area (Å²) in [6.07, 6.45) is -0.435. The molecule has 0 bridgehead atoms. The average molecular weight is 379 g/mol. The predicted octanol–water partition coefficient (Wildman–Crippen LogP) is 5.08. The highest BCUT2D eigenvalue weighted by atomic mass is 35.5. The molecule has 2 aromatic rings. The van der Waals surface area contributed by atoms with E-state index in [1.54, 1.807) is 11.8 Å². The van der Waals surface area contributed by atoms with Crippen molar-refractivity contribution in [3.8, 4) is 0 Å². The highest BCUT2D eigenvalue weighted by molar-refractivity contribution is 8.01. The van der Waals surface area contributed by atoms with Crippen LogP contribution in [0.5, 0.6) is 0 Å². The summed E-state index contributed by atoms with van der Waals surface area (Å²) in [4.78, 5) is 1.11.